The fourth-order valence-corrected chi connectivity index (χ4v) is 0. The van der Waals surface area contributed by atoms with Crippen LogP contribution >= 0.6 is 24.8 Å². The first kappa shape index (κ1) is 47.5. The van der Waals surface area contributed by atoms with E-state index >= 15 is 0 Å². The van der Waals surface area contributed by atoms with Crippen molar-refractivity contribution in [3.63, 3.8) is 0 Å². The van der Waals surface area contributed by atoms with Gasteiger partial charge in [0, 0.05) is 12.4 Å². The zero-order valence-corrected chi connectivity index (χ0v) is 4.88. The van der Waals surface area contributed by atoms with Gasteiger partial charge in [-0.15, -0.1) is 24.8 Å². The maximum absolute atomic E-state index is 5.33. The highest BCUT2D eigenvalue weighted by molar-refractivity contribution is 7.45. The molecule has 5 heavy (non-hydrogen) atoms. The van der Waals surface area contributed by atoms with Gasteiger partial charge >= 0.3 is 0 Å². The van der Waals surface area contributed by atoms with Crippen molar-refractivity contribution in [2.45, 2.75) is 0 Å². The Balaban J connectivity index is -0.00000000167. The summed E-state index contributed by atoms with van der Waals surface area (Å²) < 4.78 is 5.33. The topological polar surface area (TPSA) is 58.9 Å². The average Bonchev–Trinajstić information content (AvgIpc) is 1.00. The minimum atomic E-state index is 0. The van der Waals surface area contributed by atoms with Crippen LogP contribution in [0.2, 0.25) is 0 Å². The molecule has 0 unspecified atom stereocenters. The number of hydrogen-bond acceptors (Lipinski definition) is 3. The summed E-state index contributed by atoms with van der Waals surface area (Å²) in [6, 6.07) is 0. The van der Waals surface area contributed by atoms with Gasteiger partial charge in [-0.2, -0.15) is 0 Å². The maximum atomic E-state index is 5.33. The van der Waals surface area contributed by atoms with Crippen molar-refractivity contribution in [2.75, 3.05) is 0 Å². The zero-order valence-electron chi connectivity index (χ0n) is 2.43. The maximum Gasteiger partial charge on any atom is 0.0324 e. The third kappa shape index (κ3) is 95.3. The highest BCUT2D eigenvalue weighted by Gasteiger charge is 0.618. The summed E-state index contributed by atoms with van der Waals surface area (Å²) in [5.41, 5.74) is 0. The van der Waals surface area contributed by atoms with Crippen LogP contribution in [-0.2, 0) is 12.4 Å². The Kier molecular flexibility index (Phi) is 1750. The second-order valence-corrected chi connectivity index (χ2v) is 0. The molecule has 0 aromatic carbocycles. The number of nitrogens with one attached hydrogen (secondary N) is 1. The van der Waals surface area contributed by atoms with Crippen molar-refractivity contribution in [2.24, 2.45) is 0 Å². The van der Waals surface area contributed by atoms with Gasteiger partial charge in [-0.25, -0.2) is 4.78 Å². The van der Waals surface area contributed by atoms with Gasteiger partial charge in [0.2, 0.25) is 0 Å². The average molecular weight is 137 g/mol. The van der Waals surface area contributed by atoms with Crippen LogP contribution in [0, 0.1) is 4.78 Å². The molecule has 0 bridgehead atoms. The largest absolute Gasteiger partial charge is 0.344 e. The molecule has 0 saturated heterocycles. The van der Waals surface area contributed by atoms with Gasteiger partial charge in [0.15, 0.2) is 0 Å². The van der Waals surface area contributed by atoms with Gasteiger partial charge in [-0.05, 0) is 0 Å². The fraction of sp³-hybridized carbons (Fsp3) is 0. The second-order valence-electron chi connectivity index (χ2n) is 0. The summed E-state index contributed by atoms with van der Waals surface area (Å²) in [5.74, 6) is 0. The predicted molar refractivity (Wildman–Crippen MR) is 29.6 cm³/mol. The van der Waals surface area contributed by atoms with Crippen molar-refractivity contribution in [1.29, 1.82) is 4.78 Å². The summed E-state index contributed by atoms with van der Waals surface area (Å²) in [6.45, 7) is 0. The van der Waals surface area contributed by atoms with Crippen LogP contribution in [0.15, 0.2) is 0 Å². The van der Waals surface area contributed by atoms with Gasteiger partial charge in [0.1, 0.15) is 0 Å². The van der Waals surface area contributed by atoms with Crippen LogP contribution in [-0.4, -0.2) is 0 Å². The normalized spacial score (nSPS) is 0.800. The van der Waals surface area contributed by atoms with E-state index in [1.54, 1.807) is 0 Å². The zero-order chi connectivity index (χ0) is 2.00. The molecule has 36 valence electrons. The molecular weight excluding hydrogens is 131 g/mol. The summed E-state index contributed by atoms with van der Waals surface area (Å²) in [6.07, 6.45) is 0. The predicted octanol–water partition coefficient (Wildman–Crippen LogP) is 1.30. The van der Waals surface area contributed by atoms with E-state index < -0.39 is 0 Å². The van der Waals surface area contributed by atoms with Crippen LogP contribution in [0.4, 0.5) is 0 Å². The van der Waals surface area contributed by atoms with Crippen molar-refractivity contribution in [3.8, 4) is 0 Å². The van der Waals surface area contributed by atoms with Crippen molar-refractivity contribution >= 4 is 37.2 Å². The first-order valence-electron chi connectivity index (χ1n) is 0.204. The molecule has 5 heteroatoms. The molecule has 0 fully saturated rings. The number of hydrogen-bond donors (Lipinski definition) is 2. The standard InChI is InChI=1S/2ClH.HNS.H3N/c;;1-2;/h2*1H;1H;1H3. The summed E-state index contributed by atoms with van der Waals surface area (Å²) in [5, 5.41) is 0. The SMILES string of the molecule is Cl.Cl.N.N=S. The van der Waals surface area contributed by atoms with E-state index in [0.717, 1.165) is 0 Å². The lowest BCUT2D eigenvalue weighted by atomic mass is 14.0. The lowest BCUT2D eigenvalue weighted by molar-refractivity contribution is 1.67. The Morgan fingerprint density at radius 2 is 1.00 bits per heavy atom. The van der Waals surface area contributed by atoms with E-state index in [1.165, 1.54) is 0 Å². The third-order valence-electron chi connectivity index (χ3n) is 0. The number of halogens is 2. The smallest absolute Gasteiger partial charge is 0.0324 e. The molecule has 0 aromatic heterocycles. The van der Waals surface area contributed by atoms with E-state index in [-0.39, 0.29) is 31.0 Å². The van der Waals surface area contributed by atoms with E-state index in [2.05, 4.69) is 12.4 Å². The highest BCUT2D eigenvalue weighted by atomic mass is 35.5. The fourth-order valence-electron chi connectivity index (χ4n) is 0. The van der Waals surface area contributed by atoms with Crippen molar-refractivity contribution < 1.29 is 0 Å². The Morgan fingerprint density at radius 3 is 1.00 bits per heavy atom. The molecule has 2 nitrogen and oxygen atoms in total. The molecule has 0 spiro atoms. The Morgan fingerprint density at radius 1 is 1.00 bits per heavy atom. The minimum Gasteiger partial charge on any atom is -0.344 e. The van der Waals surface area contributed by atoms with Crippen LogP contribution < -0.4 is 6.15 Å². The molecule has 0 aliphatic carbocycles. The third-order valence-corrected chi connectivity index (χ3v) is 0. The van der Waals surface area contributed by atoms with E-state index in [9.17, 15) is 0 Å². The van der Waals surface area contributed by atoms with Gasteiger partial charge in [0.05, 0.1) is 0 Å². The Hall–Kier alpha value is 0.560. The van der Waals surface area contributed by atoms with Crippen LogP contribution in [0.25, 0.3) is 0 Å². The molecule has 0 aliphatic rings. The van der Waals surface area contributed by atoms with Crippen LogP contribution in [0.1, 0.15) is 0 Å². The van der Waals surface area contributed by atoms with Crippen LogP contribution in [0.3, 0.4) is 0 Å². The van der Waals surface area contributed by atoms with Crippen molar-refractivity contribution in [3.05, 3.63) is 0 Å². The Labute approximate surface area is 48.7 Å². The molecule has 0 radical (unpaired) electrons. The molecule has 4 N–H and O–H groups in total. The monoisotopic (exact) mass is 136 g/mol. The minimum absolute atomic E-state index is 0. The van der Waals surface area contributed by atoms with Gasteiger partial charge < -0.3 is 6.15 Å². The molecule has 0 rings (SSSR count). The van der Waals surface area contributed by atoms with Gasteiger partial charge in [-0.3, -0.25) is 0 Å². The molecule has 0 amide bonds. The lowest BCUT2D eigenvalue weighted by Gasteiger charge is -0.821. The quantitative estimate of drug-likeness (QED) is 0.528. The van der Waals surface area contributed by atoms with E-state index in [4.69, 9.17) is 4.78 Å². The first-order chi connectivity index (χ1) is 1.00. The second kappa shape index (κ2) is 184. The van der Waals surface area contributed by atoms with Crippen LogP contribution in [0.5, 0.6) is 0 Å². The lowest BCUT2D eigenvalue weighted by Crippen LogP contribution is -0.668. The highest BCUT2D eigenvalue weighted by Crippen LogP contribution is 0.749. The van der Waals surface area contributed by atoms with Gasteiger partial charge in [-0.1, -0.05) is 0 Å². The molecule has 0 saturated carbocycles. The number of rotatable bonds is 0. The van der Waals surface area contributed by atoms with E-state index in [1.807, 2.05) is 0 Å². The summed E-state index contributed by atoms with van der Waals surface area (Å²) in [7, 11) is 0. The summed E-state index contributed by atoms with van der Waals surface area (Å²) in [4.78, 5) is 0. The van der Waals surface area contributed by atoms with Crippen molar-refractivity contribution in [1.82, 2.24) is 6.15 Å². The molecule has 0 atom stereocenters. The van der Waals surface area contributed by atoms with E-state index in [0.29, 0.717) is 0 Å². The summed E-state index contributed by atoms with van der Waals surface area (Å²) >= 11 is 3.33. The van der Waals surface area contributed by atoms with Gasteiger partial charge in [0.25, 0.3) is 0 Å². The molecule has 0 aliphatic heterocycles. The Bertz CT molecular complexity index is 7.61. The molecule has 0 aromatic rings. The molecular formula is H6Cl2N2S. The first-order valence-corrected chi connectivity index (χ1v) is 0.612. The molecule has 0 heterocycles.